The van der Waals surface area contributed by atoms with Crippen LogP contribution in [0, 0.1) is 0 Å². The highest BCUT2D eigenvalue weighted by Crippen LogP contribution is 2.22. The van der Waals surface area contributed by atoms with Crippen molar-refractivity contribution in [1.82, 2.24) is 20.4 Å². The van der Waals surface area contributed by atoms with Crippen molar-refractivity contribution in [1.29, 1.82) is 0 Å². The van der Waals surface area contributed by atoms with Gasteiger partial charge in [0, 0.05) is 19.6 Å². The van der Waals surface area contributed by atoms with Crippen LogP contribution in [0.4, 0.5) is 0 Å². The molecule has 0 bridgehead atoms. The summed E-state index contributed by atoms with van der Waals surface area (Å²) in [5.41, 5.74) is 2.16. The monoisotopic (exact) mass is 330 g/mol. The fraction of sp³-hybridized carbons (Fsp3) is 0.692. The number of aromatic nitrogens is 2. The molecule has 0 saturated carbocycles. The Labute approximate surface area is 123 Å². The molecule has 0 saturated heterocycles. The van der Waals surface area contributed by atoms with E-state index >= 15 is 0 Å². The number of hydrogen-bond donors (Lipinski definition) is 2. The molecule has 2 N–H and O–H groups in total. The summed E-state index contributed by atoms with van der Waals surface area (Å²) in [6.45, 7) is 8.73. The lowest BCUT2D eigenvalue weighted by molar-refractivity contribution is -0.120. The van der Waals surface area contributed by atoms with Crippen molar-refractivity contribution in [2.24, 2.45) is 0 Å². The normalized spacial score (nSPS) is 10.7. The summed E-state index contributed by atoms with van der Waals surface area (Å²) in [7, 11) is 0. The average molecular weight is 331 g/mol. The predicted molar refractivity (Wildman–Crippen MR) is 80.0 cm³/mol. The maximum Gasteiger partial charge on any atom is 0.233 e. The van der Waals surface area contributed by atoms with Crippen LogP contribution >= 0.6 is 15.9 Å². The minimum absolute atomic E-state index is 0.0382. The molecule has 0 aromatic carbocycles. The highest BCUT2D eigenvalue weighted by molar-refractivity contribution is 9.10. The third-order valence-corrected chi connectivity index (χ3v) is 3.76. The van der Waals surface area contributed by atoms with E-state index in [1.165, 1.54) is 0 Å². The SMILES string of the molecule is CCCNC(=O)CNCc1c(Br)c(CC)nn1CC. The van der Waals surface area contributed by atoms with Crippen molar-refractivity contribution in [3.63, 3.8) is 0 Å². The molecule has 5 nitrogen and oxygen atoms in total. The van der Waals surface area contributed by atoms with Crippen LogP contribution in [-0.2, 0) is 24.3 Å². The Balaban J connectivity index is 2.53. The average Bonchev–Trinajstić information content (AvgIpc) is 2.73. The summed E-state index contributed by atoms with van der Waals surface area (Å²) in [6.07, 6.45) is 1.86. The molecule has 6 heteroatoms. The van der Waals surface area contributed by atoms with E-state index in [0.29, 0.717) is 13.1 Å². The smallest absolute Gasteiger partial charge is 0.233 e. The van der Waals surface area contributed by atoms with Crippen LogP contribution in [0.15, 0.2) is 4.47 Å². The maximum atomic E-state index is 11.5. The molecule has 0 spiro atoms. The first-order chi connectivity index (χ1) is 9.13. The zero-order chi connectivity index (χ0) is 14.3. The Hall–Kier alpha value is -0.880. The third kappa shape index (κ3) is 4.62. The number of halogens is 1. The molecule has 0 aliphatic rings. The molecule has 19 heavy (non-hydrogen) atoms. The minimum Gasteiger partial charge on any atom is -0.355 e. The van der Waals surface area contributed by atoms with Gasteiger partial charge >= 0.3 is 0 Å². The van der Waals surface area contributed by atoms with Gasteiger partial charge in [0.2, 0.25) is 5.91 Å². The van der Waals surface area contributed by atoms with Gasteiger partial charge in [0.25, 0.3) is 0 Å². The van der Waals surface area contributed by atoms with Crippen LogP contribution < -0.4 is 10.6 Å². The molecule has 0 atom stereocenters. The van der Waals surface area contributed by atoms with Crippen molar-refractivity contribution in [2.75, 3.05) is 13.1 Å². The van der Waals surface area contributed by atoms with Crippen molar-refractivity contribution in [2.45, 2.75) is 46.7 Å². The predicted octanol–water partition coefficient (Wildman–Crippen LogP) is 1.84. The number of rotatable bonds is 8. The van der Waals surface area contributed by atoms with E-state index in [0.717, 1.165) is 41.8 Å². The Morgan fingerprint density at radius 2 is 2.11 bits per heavy atom. The molecule has 0 fully saturated rings. The van der Waals surface area contributed by atoms with E-state index in [2.05, 4.69) is 45.5 Å². The molecule has 0 aliphatic heterocycles. The molecule has 0 aliphatic carbocycles. The number of nitrogens with zero attached hydrogens (tertiary/aromatic N) is 2. The summed E-state index contributed by atoms with van der Waals surface area (Å²) in [6, 6.07) is 0. The topological polar surface area (TPSA) is 59.0 Å². The molecular weight excluding hydrogens is 308 g/mol. The van der Waals surface area contributed by atoms with Crippen LogP contribution in [0.5, 0.6) is 0 Å². The van der Waals surface area contributed by atoms with Crippen molar-refractivity contribution < 1.29 is 4.79 Å². The highest BCUT2D eigenvalue weighted by atomic mass is 79.9. The summed E-state index contributed by atoms with van der Waals surface area (Å²) < 4.78 is 3.03. The van der Waals surface area contributed by atoms with Gasteiger partial charge < -0.3 is 10.6 Å². The van der Waals surface area contributed by atoms with Gasteiger partial charge in [-0.3, -0.25) is 9.48 Å². The van der Waals surface area contributed by atoms with Crippen molar-refractivity contribution in [3.05, 3.63) is 15.9 Å². The highest BCUT2D eigenvalue weighted by Gasteiger charge is 2.13. The van der Waals surface area contributed by atoms with Crippen molar-refractivity contribution >= 4 is 21.8 Å². The lowest BCUT2D eigenvalue weighted by Gasteiger charge is -2.08. The lowest BCUT2D eigenvalue weighted by atomic mass is 10.3. The van der Waals surface area contributed by atoms with Gasteiger partial charge in [-0.1, -0.05) is 13.8 Å². The third-order valence-electron chi connectivity index (χ3n) is 2.84. The van der Waals surface area contributed by atoms with Gasteiger partial charge in [-0.15, -0.1) is 0 Å². The summed E-state index contributed by atoms with van der Waals surface area (Å²) in [5, 5.41) is 10.5. The summed E-state index contributed by atoms with van der Waals surface area (Å²) >= 11 is 3.59. The van der Waals surface area contributed by atoms with Crippen LogP contribution in [0.3, 0.4) is 0 Å². The molecule has 108 valence electrons. The van der Waals surface area contributed by atoms with E-state index in [4.69, 9.17) is 0 Å². The minimum atomic E-state index is 0.0382. The quantitative estimate of drug-likeness (QED) is 0.764. The molecule has 1 aromatic rings. The Morgan fingerprint density at radius 3 is 2.68 bits per heavy atom. The number of aryl methyl sites for hydroxylation is 2. The first-order valence-corrected chi connectivity index (χ1v) is 7.64. The summed E-state index contributed by atoms with van der Waals surface area (Å²) in [5.74, 6) is 0.0382. The molecule has 1 heterocycles. The molecular formula is C13H23BrN4O. The Kier molecular flexibility index (Phi) is 7.09. The molecule has 1 rings (SSSR count). The first-order valence-electron chi connectivity index (χ1n) is 6.85. The second-order valence-electron chi connectivity index (χ2n) is 4.33. The number of carbonyl (C=O) groups excluding carboxylic acids is 1. The number of nitrogens with one attached hydrogen (secondary N) is 2. The van der Waals surface area contributed by atoms with Gasteiger partial charge in [-0.25, -0.2) is 0 Å². The van der Waals surface area contributed by atoms with E-state index in [-0.39, 0.29) is 5.91 Å². The fourth-order valence-electron chi connectivity index (χ4n) is 1.81. The molecule has 0 radical (unpaired) electrons. The second kappa shape index (κ2) is 8.32. The second-order valence-corrected chi connectivity index (χ2v) is 5.12. The Morgan fingerprint density at radius 1 is 1.37 bits per heavy atom. The molecule has 0 unspecified atom stereocenters. The van der Waals surface area contributed by atoms with Gasteiger partial charge in [0.05, 0.1) is 22.4 Å². The largest absolute Gasteiger partial charge is 0.355 e. The first kappa shape index (κ1) is 16.2. The molecule has 1 aromatic heterocycles. The van der Waals surface area contributed by atoms with Gasteiger partial charge in [0.1, 0.15) is 0 Å². The van der Waals surface area contributed by atoms with Crippen LogP contribution in [-0.4, -0.2) is 28.8 Å². The van der Waals surface area contributed by atoms with E-state index in [1.807, 2.05) is 11.6 Å². The van der Waals surface area contributed by atoms with Gasteiger partial charge in [0.15, 0.2) is 0 Å². The van der Waals surface area contributed by atoms with Crippen LogP contribution in [0.2, 0.25) is 0 Å². The standard InChI is InChI=1S/C13H23BrN4O/c1-4-7-16-12(19)9-15-8-11-13(14)10(5-2)17-18(11)6-3/h15H,4-9H2,1-3H3,(H,16,19). The maximum absolute atomic E-state index is 11.5. The summed E-state index contributed by atoms with van der Waals surface area (Å²) in [4.78, 5) is 11.5. The van der Waals surface area contributed by atoms with Crippen LogP contribution in [0.1, 0.15) is 38.6 Å². The zero-order valence-electron chi connectivity index (χ0n) is 11.9. The number of carbonyl (C=O) groups is 1. The zero-order valence-corrected chi connectivity index (χ0v) is 13.5. The number of hydrogen-bond acceptors (Lipinski definition) is 3. The van der Waals surface area contributed by atoms with Gasteiger partial charge in [-0.05, 0) is 35.7 Å². The van der Waals surface area contributed by atoms with E-state index in [9.17, 15) is 4.79 Å². The van der Waals surface area contributed by atoms with Crippen LogP contribution in [0.25, 0.3) is 0 Å². The van der Waals surface area contributed by atoms with Gasteiger partial charge in [-0.2, -0.15) is 5.10 Å². The van der Waals surface area contributed by atoms with E-state index < -0.39 is 0 Å². The number of amides is 1. The van der Waals surface area contributed by atoms with E-state index in [1.54, 1.807) is 0 Å². The van der Waals surface area contributed by atoms with Crippen molar-refractivity contribution in [3.8, 4) is 0 Å². The molecule has 1 amide bonds. The lowest BCUT2D eigenvalue weighted by Crippen LogP contribution is -2.34. The Bertz CT molecular complexity index is 417. The fourth-order valence-corrected chi connectivity index (χ4v) is 2.51.